The maximum atomic E-state index is 12.8. The third kappa shape index (κ3) is 5.18. The van der Waals surface area contributed by atoms with Gasteiger partial charge in [0.2, 0.25) is 10.0 Å². The number of hydrogen-bond acceptors (Lipinski definition) is 7. The number of nitrogens with zero attached hydrogens (tertiary/aromatic N) is 1. The monoisotopic (exact) mass is 373 g/mol. The first-order chi connectivity index (χ1) is 11.7. The second-order valence-electron chi connectivity index (χ2n) is 5.25. The van der Waals surface area contributed by atoms with Gasteiger partial charge in [-0.05, 0) is 30.7 Å². The fraction of sp³-hybridized carbons (Fsp3) is 0.438. The molecule has 0 heterocycles. The second-order valence-corrected chi connectivity index (χ2v) is 7.26. The van der Waals surface area contributed by atoms with E-state index in [0.717, 1.165) is 10.4 Å². The van der Waals surface area contributed by atoms with E-state index in [-0.39, 0.29) is 22.9 Å². The summed E-state index contributed by atoms with van der Waals surface area (Å²) >= 11 is 0. The molecule has 140 valence electrons. The summed E-state index contributed by atoms with van der Waals surface area (Å²) in [6, 6.07) is 2.89. The summed E-state index contributed by atoms with van der Waals surface area (Å²) in [6.07, 6.45) is 1.73. The normalized spacial score (nSPS) is 13.1. The Hall–Kier alpha value is -2.10. The van der Waals surface area contributed by atoms with E-state index in [9.17, 15) is 18.3 Å². The quantitative estimate of drug-likeness (QED) is 0.533. The maximum Gasteiger partial charge on any atom is 0.330 e. The molecule has 1 atom stereocenters. The minimum absolute atomic E-state index is 0.0372. The number of carbonyl (C=O) groups is 1. The molecule has 1 rings (SSSR count). The van der Waals surface area contributed by atoms with Crippen LogP contribution in [0.2, 0.25) is 0 Å². The van der Waals surface area contributed by atoms with Crippen LogP contribution in [0.5, 0.6) is 11.5 Å². The summed E-state index contributed by atoms with van der Waals surface area (Å²) in [5, 5.41) is 9.46. The van der Waals surface area contributed by atoms with Gasteiger partial charge in [-0.3, -0.25) is 0 Å². The molecule has 0 aromatic heterocycles. The SMILES string of the molecule is COC(=O)/C=C/c1cc(OC)c(OC)c(S(=O)(=O)N(C)CC(C)O)c1. The fourth-order valence-electron chi connectivity index (χ4n) is 2.11. The predicted octanol–water partition coefficient (Wildman–Crippen LogP) is 0.891. The molecule has 0 amide bonds. The summed E-state index contributed by atoms with van der Waals surface area (Å²) in [4.78, 5) is 11.1. The lowest BCUT2D eigenvalue weighted by Crippen LogP contribution is -2.33. The van der Waals surface area contributed by atoms with E-state index in [1.54, 1.807) is 0 Å². The third-order valence-electron chi connectivity index (χ3n) is 3.29. The molecule has 0 saturated carbocycles. The Morgan fingerprint density at radius 3 is 2.40 bits per heavy atom. The number of aliphatic hydroxyl groups is 1. The average Bonchev–Trinajstić information content (AvgIpc) is 2.57. The van der Waals surface area contributed by atoms with Crippen molar-refractivity contribution < 1.29 is 32.5 Å². The first-order valence-corrected chi connectivity index (χ1v) is 8.77. The largest absolute Gasteiger partial charge is 0.493 e. The van der Waals surface area contributed by atoms with Crippen LogP contribution in [0.1, 0.15) is 12.5 Å². The number of esters is 1. The molecule has 1 N–H and O–H groups in total. The molecule has 25 heavy (non-hydrogen) atoms. The van der Waals surface area contributed by atoms with Crippen LogP contribution in [0.3, 0.4) is 0 Å². The highest BCUT2D eigenvalue weighted by molar-refractivity contribution is 7.89. The zero-order chi connectivity index (χ0) is 19.2. The molecule has 0 spiro atoms. The van der Waals surface area contributed by atoms with Crippen molar-refractivity contribution in [3.8, 4) is 11.5 Å². The van der Waals surface area contributed by atoms with Gasteiger partial charge in [-0.1, -0.05) is 0 Å². The molecule has 1 aromatic rings. The zero-order valence-corrected chi connectivity index (χ0v) is 15.7. The summed E-state index contributed by atoms with van der Waals surface area (Å²) in [5.41, 5.74) is 0.409. The van der Waals surface area contributed by atoms with E-state index >= 15 is 0 Å². The van der Waals surface area contributed by atoms with Crippen molar-refractivity contribution in [2.45, 2.75) is 17.9 Å². The molecule has 1 aromatic carbocycles. The minimum atomic E-state index is -3.96. The number of hydrogen-bond donors (Lipinski definition) is 1. The van der Waals surface area contributed by atoms with E-state index in [4.69, 9.17) is 9.47 Å². The Bertz CT molecular complexity index is 741. The van der Waals surface area contributed by atoms with Gasteiger partial charge in [-0.25, -0.2) is 13.2 Å². The number of rotatable bonds is 8. The topological polar surface area (TPSA) is 102 Å². The Kier molecular flexibility index (Phi) is 7.40. The van der Waals surface area contributed by atoms with Gasteiger partial charge >= 0.3 is 5.97 Å². The van der Waals surface area contributed by atoms with Crippen molar-refractivity contribution in [3.63, 3.8) is 0 Å². The number of carbonyl (C=O) groups excluding carboxylic acids is 1. The standard InChI is InChI=1S/C16H23NO7S/c1-11(18)10-17(2)25(20,21)14-9-12(6-7-15(19)23-4)8-13(22-3)16(14)24-5/h6-9,11,18H,10H2,1-5H3/b7-6+. The van der Waals surface area contributed by atoms with E-state index < -0.39 is 22.1 Å². The van der Waals surface area contributed by atoms with Crippen LogP contribution >= 0.6 is 0 Å². The van der Waals surface area contributed by atoms with E-state index in [1.165, 1.54) is 53.5 Å². The van der Waals surface area contributed by atoms with Crippen LogP contribution in [0.25, 0.3) is 6.08 Å². The van der Waals surface area contributed by atoms with Crippen LogP contribution in [0, 0.1) is 0 Å². The number of aliphatic hydroxyl groups excluding tert-OH is 1. The molecule has 0 bridgehead atoms. The van der Waals surface area contributed by atoms with Gasteiger partial charge in [0.15, 0.2) is 11.5 Å². The number of likely N-dealkylation sites (N-methyl/N-ethyl adjacent to an activating group) is 1. The molecule has 1 unspecified atom stereocenters. The van der Waals surface area contributed by atoms with Gasteiger partial charge in [0.25, 0.3) is 0 Å². The van der Waals surface area contributed by atoms with Gasteiger partial charge in [0.1, 0.15) is 4.90 Å². The average molecular weight is 373 g/mol. The van der Waals surface area contributed by atoms with Crippen molar-refractivity contribution in [2.75, 3.05) is 34.9 Å². The Morgan fingerprint density at radius 2 is 1.92 bits per heavy atom. The minimum Gasteiger partial charge on any atom is -0.493 e. The number of methoxy groups -OCH3 is 3. The fourth-order valence-corrected chi connectivity index (χ4v) is 3.56. The van der Waals surface area contributed by atoms with Crippen molar-refractivity contribution in [3.05, 3.63) is 23.8 Å². The number of ether oxygens (including phenoxy) is 3. The molecule has 0 saturated heterocycles. The van der Waals surface area contributed by atoms with Crippen LogP contribution in [-0.4, -0.2) is 64.8 Å². The summed E-state index contributed by atoms with van der Waals surface area (Å²) in [7, 11) is 1.34. The summed E-state index contributed by atoms with van der Waals surface area (Å²) in [5.74, 6) is -0.348. The molecular formula is C16H23NO7S. The summed E-state index contributed by atoms with van der Waals surface area (Å²) in [6.45, 7) is 1.40. The molecule has 0 aliphatic rings. The van der Waals surface area contributed by atoms with Gasteiger partial charge in [-0.2, -0.15) is 4.31 Å². The smallest absolute Gasteiger partial charge is 0.330 e. The van der Waals surface area contributed by atoms with Crippen LogP contribution < -0.4 is 9.47 Å². The Balaban J connectivity index is 3.50. The second kappa shape index (κ2) is 8.84. The molecule has 9 heteroatoms. The lowest BCUT2D eigenvalue weighted by molar-refractivity contribution is -0.134. The van der Waals surface area contributed by atoms with Crippen LogP contribution in [0.4, 0.5) is 0 Å². The highest BCUT2D eigenvalue weighted by Crippen LogP contribution is 2.37. The van der Waals surface area contributed by atoms with E-state index in [0.29, 0.717) is 5.56 Å². The number of sulfonamides is 1. The lowest BCUT2D eigenvalue weighted by atomic mass is 10.2. The van der Waals surface area contributed by atoms with Crippen molar-refractivity contribution >= 4 is 22.1 Å². The first-order valence-electron chi connectivity index (χ1n) is 7.33. The molecule has 0 fully saturated rings. The molecule has 0 radical (unpaired) electrons. The van der Waals surface area contributed by atoms with Gasteiger partial charge < -0.3 is 19.3 Å². The zero-order valence-electron chi connectivity index (χ0n) is 14.8. The van der Waals surface area contributed by atoms with Crippen molar-refractivity contribution in [1.29, 1.82) is 0 Å². The van der Waals surface area contributed by atoms with Crippen molar-refractivity contribution in [1.82, 2.24) is 4.31 Å². The lowest BCUT2D eigenvalue weighted by Gasteiger charge is -2.21. The first kappa shape index (κ1) is 20.9. The highest BCUT2D eigenvalue weighted by atomic mass is 32.2. The molecule has 0 aliphatic heterocycles. The van der Waals surface area contributed by atoms with E-state index in [2.05, 4.69) is 4.74 Å². The predicted molar refractivity (Wildman–Crippen MR) is 92.1 cm³/mol. The van der Waals surface area contributed by atoms with Gasteiger partial charge in [-0.15, -0.1) is 0 Å². The number of benzene rings is 1. The van der Waals surface area contributed by atoms with Gasteiger partial charge in [0, 0.05) is 19.7 Å². The van der Waals surface area contributed by atoms with Crippen LogP contribution in [0.15, 0.2) is 23.1 Å². The van der Waals surface area contributed by atoms with Gasteiger partial charge in [0.05, 0.1) is 27.4 Å². The van der Waals surface area contributed by atoms with Crippen molar-refractivity contribution in [2.24, 2.45) is 0 Å². The molecular weight excluding hydrogens is 350 g/mol. The maximum absolute atomic E-state index is 12.8. The molecule has 0 aliphatic carbocycles. The Labute approximate surface area is 147 Å². The highest BCUT2D eigenvalue weighted by Gasteiger charge is 2.28. The summed E-state index contributed by atoms with van der Waals surface area (Å²) < 4.78 is 41.6. The molecule has 8 nitrogen and oxygen atoms in total. The third-order valence-corrected chi connectivity index (χ3v) is 5.12. The van der Waals surface area contributed by atoms with E-state index in [1.807, 2.05) is 0 Å². The van der Waals surface area contributed by atoms with Crippen LogP contribution in [-0.2, 0) is 19.6 Å². The Morgan fingerprint density at radius 1 is 1.28 bits per heavy atom.